The number of amides is 1. The molecule has 0 bridgehead atoms. The molecule has 0 aromatic heterocycles. The summed E-state index contributed by atoms with van der Waals surface area (Å²) in [6, 6.07) is 6.95. The molecule has 2 N–H and O–H groups in total. The van der Waals surface area contributed by atoms with Crippen molar-refractivity contribution in [2.75, 3.05) is 19.6 Å². The number of hydrogen-bond acceptors (Lipinski definition) is 5. The smallest absolute Gasteiger partial charge is 0.398 e. The molecule has 86 valence electrons. The number of ether oxygens (including phenoxy) is 2. The number of carbonyl (C=O) groups excluding carboxylic acids is 2. The molecular weight excluding hydrogens is 212 g/mol. The molecule has 0 saturated heterocycles. The summed E-state index contributed by atoms with van der Waals surface area (Å²) in [5.41, 5.74) is 5.28. The van der Waals surface area contributed by atoms with Gasteiger partial charge in [0.25, 0.3) is 0 Å². The highest BCUT2D eigenvalue weighted by molar-refractivity contribution is 6.32. The van der Waals surface area contributed by atoms with Crippen molar-refractivity contribution < 1.29 is 19.1 Å². The minimum Gasteiger partial charge on any atom is -0.495 e. The lowest BCUT2D eigenvalue weighted by Crippen LogP contribution is -2.36. The number of carbonyl (C=O) groups is 2. The van der Waals surface area contributed by atoms with Crippen LogP contribution in [0.4, 0.5) is 5.69 Å². The Balaban J connectivity index is 2.61. The lowest BCUT2D eigenvalue weighted by molar-refractivity contribution is -0.152. The van der Waals surface area contributed by atoms with Crippen molar-refractivity contribution >= 4 is 17.6 Å². The molecule has 0 spiro atoms. The second-order valence-corrected chi connectivity index (χ2v) is 2.77. The summed E-state index contributed by atoms with van der Waals surface area (Å²) in [6.07, 6.45) is 0. The van der Waals surface area contributed by atoms with Crippen molar-refractivity contribution in [2.45, 2.75) is 0 Å². The van der Waals surface area contributed by atoms with Crippen molar-refractivity contribution in [2.24, 2.45) is 0 Å². The number of rotatable bonds is 3. The van der Waals surface area contributed by atoms with Gasteiger partial charge < -0.3 is 9.47 Å². The summed E-state index contributed by atoms with van der Waals surface area (Å²) in [5, 5.41) is 0. The first-order valence-electron chi connectivity index (χ1n) is 4.46. The molecule has 6 heteroatoms. The number of methoxy groups -OCH3 is 2. The van der Waals surface area contributed by atoms with Gasteiger partial charge >= 0.3 is 11.9 Å². The van der Waals surface area contributed by atoms with Crippen molar-refractivity contribution in [3.8, 4) is 5.75 Å². The van der Waals surface area contributed by atoms with Crippen LogP contribution in [0.25, 0.3) is 0 Å². The van der Waals surface area contributed by atoms with Gasteiger partial charge in [-0.05, 0) is 12.1 Å². The lowest BCUT2D eigenvalue weighted by Gasteiger charge is -2.10. The molecule has 0 saturated carbocycles. The van der Waals surface area contributed by atoms with Crippen LogP contribution in [0.1, 0.15) is 0 Å². The number of benzene rings is 1. The van der Waals surface area contributed by atoms with E-state index in [4.69, 9.17) is 4.74 Å². The zero-order valence-corrected chi connectivity index (χ0v) is 8.94. The molecule has 0 aliphatic rings. The summed E-state index contributed by atoms with van der Waals surface area (Å²) < 4.78 is 9.27. The molecule has 1 rings (SSSR count). The van der Waals surface area contributed by atoms with Crippen LogP contribution in [-0.2, 0) is 14.3 Å². The molecule has 1 amide bonds. The van der Waals surface area contributed by atoms with Crippen molar-refractivity contribution in [1.82, 2.24) is 5.43 Å². The van der Waals surface area contributed by atoms with E-state index in [2.05, 4.69) is 15.6 Å². The van der Waals surface area contributed by atoms with Crippen LogP contribution < -0.4 is 15.6 Å². The second-order valence-electron chi connectivity index (χ2n) is 2.77. The van der Waals surface area contributed by atoms with Gasteiger partial charge in [-0.25, -0.2) is 4.79 Å². The third kappa shape index (κ3) is 2.88. The van der Waals surface area contributed by atoms with Gasteiger partial charge in [-0.15, -0.1) is 0 Å². The third-order valence-corrected chi connectivity index (χ3v) is 1.79. The maximum atomic E-state index is 11.1. The number of para-hydroxylation sites is 2. The van der Waals surface area contributed by atoms with E-state index in [9.17, 15) is 9.59 Å². The fourth-order valence-electron chi connectivity index (χ4n) is 1.02. The number of anilines is 1. The van der Waals surface area contributed by atoms with Crippen LogP contribution in [0.3, 0.4) is 0 Å². The molecule has 0 fully saturated rings. The van der Waals surface area contributed by atoms with Crippen LogP contribution >= 0.6 is 0 Å². The summed E-state index contributed by atoms with van der Waals surface area (Å²) in [6.45, 7) is 0. The Labute approximate surface area is 92.5 Å². The molecule has 16 heavy (non-hydrogen) atoms. The minimum atomic E-state index is -0.970. The molecule has 0 aliphatic carbocycles. The van der Waals surface area contributed by atoms with Gasteiger partial charge in [0.2, 0.25) is 0 Å². The summed E-state index contributed by atoms with van der Waals surface area (Å²) in [4.78, 5) is 21.8. The van der Waals surface area contributed by atoms with Crippen molar-refractivity contribution in [3.63, 3.8) is 0 Å². The Morgan fingerprint density at radius 2 is 1.88 bits per heavy atom. The highest BCUT2D eigenvalue weighted by atomic mass is 16.5. The number of esters is 1. The Kier molecular flexibility index (Phi) is 4.14. The molecule has 1 aromatic carbocycles. The van der Waals surface area contributed by atoms with Crippen LogP contribution in [0.15, 0.2) is 24.3 Å². The van der Waals surface area contributed by atoms with E-state index < -0.39 is 11.9 Å². The predicted molar refractivity (Wildman–Crippen MR) is 56.8 cm³/mol. The predicted octanol–water partition coefficient (Wildman–Crippen LogP) is 0.311. The van der Waals surface area contributed by atoms with E-state index in [1.807, 2.05) is 0 Å². The molecule has 1 aromatic rings. The maximum Gasteiger partial charge on any atom is 0.398 e. The van der Waals surface area contributed by atoms with E-state index in [0.29, 0.717) is 11.4 Å². The van der Waals surface area contributed by atoms with Crippen LogP contribution in [0.2, 0.25) is 0 Å². The molecule has 0 aliphatic heterocycles. The Morgan fingerprint density at radius 1 is 1.19 bits per heavy atom. The fourth-order valence-corrected chi connectivity index (χ4v) is 1.02. The number of nitrogens with one attached hydrogen (secondary N) is 2. The van der Waals surface area contributed by atoms with Crippen LogP contribution in [0, 0.1) is 0 Å². The van der Waals surface area contributed by atoms with E-state index in [0.717, 1.165) is 7.11 Å². The van der Waals surface area contributed by atoms with Crippen LogP contribution in [-0.4, -0.2) is 26.1 Å². The van der Waals surface area contributed by atoms with Gasteiger partial charge in [0.15, 0.2) is 0 Å². The highest BCUT2D eigenvalue weighted by Gasteiger charge is 2.13. The maximum absolute atomic E-state index is 11.1. The zero-order chi connectivity index (χ0) is 12.0. The normalized spacial score (nSPS) is 9.12. The standard InChI is InChI=1S/C10H12N2O4/c1-15-8-6-4-3-5-7(8)11-12-9(13)10(14)16-2/h3-6,11H,1-2H3,(H,12,13). The van der Waals surface area contributed by atoms with E-state index in [1.165, 1.54) is 7.11 Å². The number of hydrazine groups is 1. The summed E-state index contributed by atoms with van der Waals surface area (Å²) >= 11 is 0. The highest BCUT2D eigenvalue weighted by Crippen LogP contribution is 2.21. The van der Waals surface area contributed by atoms with E-state index in [-0.39, 0.29) is 0 Å². The Morgan fingerprint density at radius 3 is 2.50 bits per heavy atom. The molecule has 0 heterocycles. The van der Waals surface area contributed by atoms with Crippen molar-refractivity contribution in [3.05, 3.63) is 24.3 Å². The molecule has 0 atom stereocenters. The first-order chi connectivity index (χ1) is 7.69. The topological polar surface area (TPSA) is 76.7 Å². The largest absolute Gasteiger partial charge is 0.495 e. The summed E-state index contributed by atoms with van der Waals surface area (Å²) in [7, 11) is 2.63. The first kappa shape index (κ1) is 11.8. The fraction of sp³-hybridized carbons (Fsp3) is 0.200. The monoisotopic (exact) mass is 224 g/mol. The second kappa shape index (κ2) is 5.59. The molecule has 6 nitrogen and oxygen atoms in total. The Bertz CT molecular complexity index is 392. The van der Waals surface area contributed by atoms with Crippen LogP contribution in [0.5, 0.6) is 5.75 Å². The van der Waals surface area contributed by atoms with Gasteiger partial charge in [-0.2, -0.15) is 0 Å². The third-order valence-electron chi connectivity index (χ3n) is 1.79. The average Bonchev–Trinajstić information content (AvgIpc) is 2.35. The van der Waals surface area contributed by atoms with E-state index in [1.54, 1.807) is 24.3 Å². The first-order valence-corrected chi connectivity index (χ1v) is 4.46. The quantitative estimate of drug-likeness (QED) is 0.439. The lowest BCUT2D eigenvalue weighted by atomic mass is 10.3. The molecule has 0 unspecified atom stereocenters. The Hall–Kier alpha value is -2.24. The zero-order valence-electron chi connectivity index (χ0n) is 8.94. The molecule has 0 radical (unpaired) electrons. The summed E-state index contributed by atoms with van der Waals surface area (Å²) in [5.74, 6) is -1.30. The van der Waals surface area contributed by atoms with Gasteiger partial charge in [-0.3, -0.25) is 15.6 Å². The molecular formula is C10H12N2O4. The van der Waals surface area contributed by atoms with Gasteiger partial charge in [0.05, 0.1) is 19.9 Å². The SMILES string of the molecule is COC(=O)C(=O)NNc1ccccc1OC. The minimum absolute atomic E-state index is 0.544. The number of hydrogen-bond donors (Lipinski definition) is 2. The van der Waals surface area contributed by atoms with Crippen molar-refractivity contribution in [1.29, 1.82) is 0 Å². The average molecular weight is 224 g/mol. The van der Waals surface area contributed by atoms with Gasteiger partial charge in [0, 0.05) is 0 Å². The van der Waals surface area contributed by atoms with Gasteiger partial charge in [0.1, 0.15) is 5.75 Å². The van der Waals surface area contributed by atoms with E-state index >= 15 is 0 Å². The van der Waals surface area contributed by atoms with Gasteiger partial charge in [-0.1, -0.05) is 12.1 Å².